The van der Waals surface area contributed by atoms with Gasteiger partial charge in [-0.2, -0.15) is 13.2 Å². The number of sulfonamides is 1. The molecule has 1 amide bonds. The number of carbonyl (C=O) groups is 1. The molecular weight excluding hydrogens is 415 g/mol. The van der Waals surface area contributed by atoms with Crippen LogP contribution in [0.4, 0.5) is 18.9 Å². The van der Waals surface area contributed by atoms with Gasteiger partial charge >= 0.3 is 6.18 Å². The molecule has 0 saturated heterocycles. The van der Waals surface area contributed by atoms with Crippen LogP contribution in [0.3, 0.4) is 0 Å². The standard InChI is InChI=1S/C17H18F3N3O3S2/c1-11(16(24)22-14-7-5-4-6-13(14)17(18,19)20)27-15-9-8-12(10-21-15)28(25,26)23(2)3/h4-11H,1-3H3,(H,22,24)/t11-/m1/s1. The number of para-hydroxylation sites is 1. The summed E-state index contributed by atoms with van der Waals surface area (Å²) in [5.74, 6) is -0.631. The van der Waals surface area contributed by atoms with Crippen molar-refractivity contribution in [1.82, 2.24) is 9.29 Å². The number of anilines is 1. The Morgan fingerprint density at radius 1 is 1.18 bits per heavy atom. The molecule has 0 fully saturated rings. The maximum Gasteiger partial charge on any atom is 0.418 e. The van der Waals surface area contributed by atoms with Gasteiger partial charge in [-0.25, -0.2) is 17.7 Å². The highest BCUT2D eigenvalue weighted by molar-refractivity contribution is 8.00. The predicted octanol–water partition coefficient (Wildman–Crippen LogP) is 3.47. The van der Waals surface area contributed by atoms with E-state index in [4.69, 9.17) is 0 Å². The molecule has 0 aliphatic heterocycles. The second-order valence-electron chi connectivity index (χ2n) is 5.91. The molecule has 1 aromatic carbocycles. The molecule has 2 aromatic rings. The van der Waals surface area contributed by atoms with Crippen LogP contribution in [0, 0.1) is 0 Å². The summed E-state index contributed by atoms with van der Waals surface area (Å²) >= 11 is 0.999. The molecule has 0 aliphatic rings. The lowest BCUT2D eigenvalue weighted by Crippen LogP contribution is -2.24. The third-order valence-electron chi connectivity index (χ3n) is 3.64. The van der Waals surface area contributed by atoms with Gasteiger partial charge in [0.25, 0.3) is 0 Å². The fourth-order valence-corrected chi connectivity index (χ4v) is 3.74. The number of hydrogen-bond acceptors (Lipinski definition) is 5. The minimum Gasteiger partial charge on any atom is -0.325 e. The van der Waals surface area contributed by atoms with E-state index in [1.807, 2.05) is 0 Å². The van der Waals surface area contributed by atoms with Gasteiger partial charge in [0.2, 0.25) is 15.9 Å². The minimum absolute atomic E-state index is 0.00180. The van der Waals surface area contributed by atoms with Crippen molar-refractivity contribution in [3.8, 4) is 0 Å². The van der Waals surface area contributed by atoms with E-state index < -0.39 is 32.9 Å². The largest absolute Gasteiger partial charge is 0.418 e. The molecule has 0 radical (unpaired) electrons. The van der Waals surface area contributed by atoms with Crippen LogP contribution in [0.25, 0.3) is 0 Å². The molecule has 152 valence electrons. The fourth-order valence-electron chi connectivity index (χ4n) is 2.11. The molecule has 0 saturated carbocycles. The van der Waals surface area contributed by atoms with Crippen LogP contribution in [-0.4, -0.2) is 43.0 Å². The first kappa shape index (κ1) is 22.2. The van der Waals surface area contributed by atoms with Gasteiger partial charge in [0.05, 0.1) is 21.5 Å². The van der Waals surface area contributed by atoms with E-state index in [2.05, 4.69) is 10.3 Å². The number of nitrogens with zero attached hydrogens (tertiary/aromatic N) is 2. The summed E-state index contributed by atoms with van der Waals surface area (Å²) in [7, 11) is -0.838. The van der Waals surface area contributed by atoms with Crippen molar-refractivity contribution in [1.29, 1.82) is 0 Å². The molecule has 1 atom stereocenters. The number of nitrogens with one attached hydrogen (secondary N) is 1. The lowest BCUT2D eigenvalue weighted by Gasteiger charge is -2.16. The third-order valence-corrected chi connectivity index (χ3v) is 6.49. The van der Waals surface area contributed by atoms with Crippen LogP contribution < -0.4 is 5.32 Å². The second-order valence-corrected chi connectivity index (χ2v) is 9.43. The lowest BCUT2D eigenvalue weighted by atomic mass is 10.1. The molecule has 28 heavy (non-hydrogen) atoms. The lowest BCUT2D eigenvalue weighted by molar-refractivity contribution is -0.137. The zero-order valence-corrected chi connectivity index (χ0v) is 16.8. The quantitative estimate of drug-likeness (QED) is 0.706. The molecule has 0 spiro atoms. The SMILES string of the molecule is C[C@@H](Sc1ccc(S(=O)(=O)N(C)C)cn1)C(=O)Nc1ccccc1C(F)(F)F. The van der Waals surface area contributed by atoms with Gasteiger partial charge in [0.1, 0.15) is 4.90 Å². The molecule has 6 nitrogen and oxygen atoms in total. The number of alkyl halides is 3. The Morgan fingerprint density at radius 3 is 2.36 bits per heavy atom. The maximum absolute atomic E-state index is 13.0. The second kappa shape index (κ2) is 8.50. The first-order valence-electron chi connectivity index (χ1n) is 7.95. The van der Waals surface area contributed by atoms with E-state index in [0.29, 0.717) is 5.03 Å². The summed E-state index contributed by atoms with van der Waals surface area (Å²) in [6.45, 7) is 1.52. The van der Waals surface area contributed by atoms with Gasteiger partial charge in [-0.15, -0.1) is 0 Å². The molecule has 1 aromatic heterocycles. The van der Waals surface area contributed by atoms with Crippen LogP contribution in [0.5, 0.6) is 0 Å². The smallest absolute Gasteiger partial charge is 0.325 e. The van der Waals surface area contributed by atoms with Crippen molar-refractivity contribution in [2.24, 2.45) is 0 Å². The number of carbonyl (C=O) groups excluding carboxylic acids is 1. The third kappa shape index (κ3) is 5.24. The van der Waals surface area contributed by atoms with Crippen molar-refractivity contribution in [2.75, 3.05) is 19.4 Å². The number of amides is 1. The monoisotopic (exact) mass is 433 g/mol. The maximum atomic E-state index is 13.0. The molecule has 2 rings (SSSR count). The number of aromatic nitrogens is 1. The first-order valence-corrected chi connectivity index (χ1v) is 10.3. The van der Waals surface area contributed by atoms with E-state index in [-0.39, 0.29) is 10.6 Å². The molecular formula is C17H18F3N3O3S2. The van der Waals surface area contributed by atoms with Crippen LogP contribution in [0.2, 0.25) is 0 Å². The number of rotatable bonds is 6. The normalized spacial score (nSPS) is 13.4. The number of hydrogen-bond donors (Lipinski definition) is 1. The number of halogens is 3. The van der Waals surface area contributed by atoms with Gasteiger partial charge < -0.3 is 5.32 Å². The van der Waals surface area contributed by atoms with E-state index in [1.54, 1.807) is 0 Å². The van der Waals surface area contributed by atoms with Crippen LogP contribution >= 0.6 is 11.8 Å². The Morgan fingerprint density at radius 2 is 1.82 bits per heavy atom. The Bertz CT molecular complexity index is 946. The zero-order chi connectivity index (χ0) is 21.1. The predicted molar refractivity (Wildman–Crippen MR) is 101 cm³/mol. The van der Waals surface area contributed by atoms with Gasteiger partial charge in [-0.1, -0.05) is 23.9 Å². The fraction of sp³-hybridized carbons (Fsp3) is 0.294. The molecule has 1 heterocycles. The van der Waals surface area contributed by atoms with Crippen LogP contribution in [0.1, 0.15) is 12.5 Å². The molecule has 0 bridgehead atoms. The zero-order valence-electron chi connectivity index (χ0n) is 15.2. The Balaban J connectivity index is 2.10. The summed E-state index contributed by atoms with van der Waals surface area (Å²) < 4.78 is 64.1. The topological polar surface area (TPSA) is 79.4 Å². The average molecular weight is 433 g/mol. The summed E-state index contributed by atoms with van der Waals surface area (Å²) in [6.07, 6.45) is -3.42. The molecule has 1 N–H and O–H groups in total. The molecule has 0 unspecified atom stereocenters. The summed E-state index contributed by atoms with van der Waals surface area (Å²) in [5.41, 5.74) is -1.26. The highest BCUT2D eigenvalue weighted by atomic mass is 32.2. The van der Waals surface area contributed by atoms with Gasteiger partial charge in [-0.3, -0.25) is 4.79 Å². The summed E-state index contributed by atoms with van der Waals surface area (Å²) in [5, 5.41) is 1.88. The van der Waals surface area contributed by atoms with Crippen molar-refractivity contribution in [2.45, 2.75) is 28.3 Å². The van der Waals surface area contributed by atoms with E-state index in [1.165, 1.54) is 57.5 Å². The van der Waals surface area contributed by atoms with Crippen molar-refractivity contribution in [3.05, 3.63) is 48.2 Å². The first-order chi connectivity index (χ1) is 12.9. The Labute approximate surface area is 165 Å². The van der Waals surface area contributed by atoms with Crippen LogP contribution in [-0.2, 0) is 21.0 Å². The van der Waals surface area contributed by atoms with E-state index in [0.717, 1.165) is 22.1 Å². The van der Waals surface area contributed by atoms with Crippen LogP contribution in [0.15, 0.2) is 52.5 Å². The van der Waals surface area contributed by atoms with Crippen molar-refractivity contribution < 1.29 is 26.4 Å². The van der Waals surface area contributed by atoms with Crippen molar-refractivity contribution in [3.63, 3.8) is 0 Å². The average Bonchev–Trinajstić information content (AvgIpc) is 2.61. The van der Waals surface area contributed by atoms with Gasteiger partial charge in [0, 0.05) is 20.3 Å². The highest BCUT2D eigenvalue weighted by Gasteiger charge is 2.34. The highest BCUT2D eigenvalue weighted by Crippen LogP contribution is 2.35. The van der Waals surface area contributed by atoms with E-state index in [9.17, 15) is 26.4 Å². The minimum atomic E-state index is -4.59. The van der Waals surface area contributed by atoms with Crippen molar-refractivity contribution >= 4 is 33.4 Å². The van der Waals surface area contributed by atoms with Gasteiger partial charge in [-0.05, 0) is 31.2 Å². The number of thioether (sulfide) groups is 1. The van der Waals surface area contributed by atoms with E-state index >= 15 is 0 Å². The Kier molecular flexibility index (Phi) is 6.73. The molecule has 11 heteroatoms. The number of benzene rings is 1. The number of pyridine rings is 1. The molecule has 0 aliphatic carbocycles. The summed E-state index contributed by atoms with van der Waals surface area (Å²) in [6, 6.07) is 7.50. The summed E-state index contributed by atoms with van der Waals surface area (Å²) in [4.78, 5) is 16.3. The Hall–Kier alpha value is -2.11. The van der Waals surface area contributed by atoms with Gasteiger partial charge in [0.15, 0.2) is 0 Å².